The van der Waals surface area contributed by atoms with Gasteiger partial charge in [0.25, 0.3) is 0 Å². The molecular weight excluding hydrogens is 416 g/mol. The van der Waals surface area contributed by atoms with E-state index in [0.717, 1.165) is 12.1 Å². The normalized spacial score (nSPS) is 20.2. The van der Waals surface area contributed by atoms with Crippen molar-refractivity contribution in [1.29, 1.82) is 0 Å². The monoisotopic (exact) mass is 456 g/mol. The molecule has 6 rings (SSSR count). The summed E-state index contributed by atoms with van der Waals surface area (Å²) in [6.07, 6.45) is 10.9. The number of rotatable bonds is 4. The van der Waals surface area contributed by atoms with Crippen molar-refractivity contribution in [2.75, 3.05) is 45.6 Å². The van der Waals surface area contributed by atoms with Crippen LogP contribution < -0.4 is 5.32 Å². The van der Waals surface area contributed by atoms with E-state index in [-0.39, 0.29) is 7.43 Å². The fourth-order valence-electron chi connectivity index (χ4n) is 6.19. The third kappa shape index (κ3) is 4.42. The van der Waals surface area contributed by atoms with E-state index in [2.05, 4.69) is 82.9 Å². The number of piperidine rings is 2. The van der Waals surface area contributed by atoms with Crippen LogP contribution in [0, 0.1) is 5.92 Å². The highest BCUT2D eigenvalue weighted by molar-refractivity contribution is 5.88. The lowest BCUT2D eigenvalue weighted by molar-refractivity contribution is 0.248. The van der Waals surface area contributed by atoms with Crippen molar-refractivity contribution in [2.24, 2.45) is 5.92 Å². The van der Waals surface area contributed by atoms with Crippen molar-refractivity contribution < 1.29 is 0 Å². The van der Waals surface area contributed by atoms with Crippen LogP contribution in [0.15, 0.2) is 48.7 Å². The molecular formula is C30H40N4. The van der Waals surface area contributed by atoms with E-state index in [0.29, 0.717) is 11.8 Å². The molecule has 2 aliphatic heterocycles. The van der Waals surface area contributed by atoms with Crippen LogP contribution in [0.2, 0.25) is 0 Å². The lowest BCUT2D eigenvalue weighted by Gasteiger charge is -2.30. The number of hydrogen-bond donors (Lipinski definition) is 2. The van der Waals surface area contributed by atoms with Crippen molar-refractivity contribution in [3.8, 4) is 0 Å². The number of nitrogens with one attached hydrogen (secondary N) is 2. The Morgan fingerprint density at radius 2 is 1.47 bits per heavy atom. The largest absolute Gasteiger partial charge is 0.361 e. The van der Waals surface area contributed by atoms with Crippen molar-refractivity contribution in [2.45, 2.75) is 45.4 Å². The number of fused-ring (bicyclic) bond motifs is 2. The summed E-state index contributed by atoms with van der Waals surface area (Å²) in [5.74, 6) is 1.39. The van der Waals surface area contributed by atoms with Crippen LogP contribution in [0.5, 0.6) is 0 Å². The third-order valence-electron chi connectivity index (χ3n) is 8.28. The third-order valence-corrected chi connectivity index (χ3v) is 8.28. The van der Waals surface area contributed by atoms with E-state index < -0.39 is 0 Å². The molecule has 0 bridgehead atoms. The predicted molar refractivity (Wildman–Crippen MR) is 146 cm³/mol. The summed E-state index contributed by atoms with van der Waals surface area (Å²) in [5.41, 5.74) is 9.62. The Morgan fingerprint density at radius 1 is 0.824 bits per heavy atom. The Balaban J connectivity index is 0.00000241. The summed E-state index contributed by atoms with van der Waals surface area (Å²) in [6.45, 7) is 4.82. The second-order valence-electron chi connectivity index (χ2n) is 10.5. The second kappa shape index (κ2) is 9.59. The molecule has 180 valence electrons. The molecule has 4 heteroatoms. The molecule has 2 N–H and O–H groups in total. The lowest BCUT2D eigenvalue weighted by atomic mass is 9.86. The van der Waals surface area contributed by atoms with Crippen LogP contribution >= 0.6 is 0 Å². The minimum absolute atomic E-state index is 0. The summed E-state index contributed by atoms with van der Waals surface area (Å²) in [5, 5.41) is 5.07. The molecule has 2 saturated heterocycles. The Hall–Kier alpha value is -2.56. The standard InChI is InChI=1S/C29H36N4.CH4/c1-32-13-9-21(10-14-32)25-7-4-20-3-5-23(17-27(20)25)31-24-6-8-26-28(19-30-29(26)18-24)22-11-15-33(2)16-12-22;/h3,5-8,17-19,21-22,30-31H,4,9-16H2,1-2H3;1H4. The Bertz CT molecular complexity index is 1170. The summed E-state index contributed by atoms with van der Waals surface area (Å²) in [6, 6.07) is 13.8. The van der Waals surface area contributed by atoms with Gasteiger partial charge in [-0.1, -0.05) is 25.6 Å². The zero-order valence-corrected chi connectivity index (χ0v) is 20.0. The first-order valence-corrected chi connectivity index (χ1v) is 12.7. The predicted octanol–water partition coefficient (Wildman–Crippen LogP) is 6.64. The first-order chi connectivity index (χ1) is 16.1. The van der Waals surface area contributed by atoms with Gasteiger partial charge in [-0.25, -0.2) is 0 Å². The highest BCUT2D eigenvalue weighted by Crippen LogP contribution is 2.40. The maximum absolute atomic E-state index is 3.69. The average molecular weight is 457 g/mol. The zero-order chi connectivity index (χ0) is 22.4. The molecule has 3 aliphatic rings. The average Bonchev–Trinajstić information content (AvgIpc) is 3.44. The van der Waals surface area contributed by atoms with E-state index in [1.54, 1.807) is 5.57 Å². The minimum Gasteiger partial charge on any atom is -0.361 e. The molecule has 4 nitrogen and oxygen atoms in total. The smallest absolute Gasteiger partial charge is 0.0477 e. The van der Waals surface area contributed by atoms with Gasteiger partial charge in [-0.15, -0.1) is 0 Å². The number of aromatic nitrogens is 1. The van der Waals surface area contributed by atoms with Gasteiger partial charge in [0.05, 0.1) is 0 Å². The molecule has 34 heavy (non-hydrogen) atoms. The molecule has 0 amide bonds. The Labute approximate surface area is 205 Å². The van der Waals surface area contributed by atoms with Gasteiger partial charge in [0.15, 0.2) is 0 Å². The number of aromatic amines is 1. The topological polar surface area (TPSA) is 34.3 Å². The molecule has 1 aliphatic carbocycles. The number of H-pyrrole nitrogens is 1. The van der Waals surface area contributed by atoms with E-state index in [1.807, 2.05) is 0 Å². The minimum atomic E-state index is 0. The van der Waals surface area contributed by atoms with Crippen LogP contribution in [0.25, 0.3) is 16.5 Å². The molecule has 1 aromatic heterocycles. The van der Waals surface area contributed by atoms with Gasteiger partial charge in [-0.3, -0.25) is 0 Å². The van der Waals surface area contributed by atoms with Gasteiger partial charge < -0.3 is 20.1 Å². The molecule has 0 saturated carbocycles. The van der Waals surface area contributed by atoms with Gasteiger partial charge in [-0.2, -0.15) is 0 Å². The summed E-state index contributed by atoms with van der Waals surface area (Å²) < 4.78 is 0. The summed E-state index contributed by atoms with van der Waals surface area (Å²) in [7, 11) is 4.47. The van der Waals surface area contributed by atoms with Gasteiger partial charge >= 0.3 is 0 Å². The first-order valence-electron chi connectivity index (χ1n) is 12.7. The fraction of sp³-hybridized carbons (Fsp3) is 0.467. The number of likely N-dealkylation sites (tertiary alicyclic amines) is 2. The summed E-state index contributed by atoms with van der Waals surface area (Å²) in [4.78, 5) is 8.45. The van der Waals surface area contributed by atoms with Crippen LogP contribution in [-0.4, -0.2) is 55.1 Å². The van der Waals surface area contributed by atoms with E-state index in [9.17, 15) is 0 Å². The maximum atomic E-state index is 3.69. The highest BCUT2D eigenvalue weighted by Gasteiger charge is 2.26. The second-order valence-corrected chi connectivity index (χ2v) is 10.5. The van der Waals surface area contributed by atoms with Crippen LogP contribution in [-0.2, 0) is 6.42 Å². The highest BCUT2D eigenvalue weighted by atomic mass is 15.1. The van der Waals surface area contributed by atoms with Crippen LogP contribution in [0.1, 0.15) is 55.7 Å². The molecule has 2 fully saturated rings. The van der Waals surface area contributed by atoms with E-state index in [1.165, 1.54) is 85.1 Å². The zero-order valence-electron chi connectivity index (χ0n) is 20.0. The van der Waals surface area contributed by atoms with Crippen molar-refractivity contribution >= 4 is 27.9 Å². The van der Waals surface area contributed by atoms with Gasteiger partial charge in [0.2, 0.25) is 0 Å². The number of benzene rings is 2. The van der Waals surface area contributed by atoms with Crippen molar-refractivity contribution in [1.82, 2.24) is 14.8 Å². The van der Waals surface area contributed by atoms with Gasteiger partial charge in [-0.05, 0) is 131 Å². The van der Waals surface area contributed by atoms with Crippen LogP contribution in [0.3, 0.4) is 0 Å². The molecule has 0 atom stereocenters. The van der Waals surface area contributed by atoms with E-state index >= 15 is 0 Å². The number of nitrogens with zero attached hydrogens (tertiary/aromatic N) is 2. The fourth-order valence-corrected chi connectivity index (χ4v) is 6.19. The summed E-state index contributed by atoms with van der Waals surface area (Å²) >= 11 is 0. The first kappa shape index (κ1) is 23.2. The Morgan fingerprint density at radius 3 is 2.21 bits per heavy atom. The molecule has 0 radical (unpaired) electrons. The molecule has 3 heterocycles. The lowest BCUT2D eigenvalue weighted by Crippen LogP contribution is -2.30. The van der Waals surface area contributed by atoms with Gasteiger partial charge in [0, 0.05) is 28.5 Å². The van der Waals surface area contributed by atoms with E-state index in [4.69, 9.17) is 0 Å². The number of hydrogen-bond acceptors (Lipinski definition) is 3. The molecule has 0 spiro atoms. The molecule has 0 unspecified atom stereocenters. The van der Waals surface area contributed by atoms with Crippen molar-refractivity contribution in [3.05, 3.63) is 65.4 Å². The SMILES string of the molecule is C.CN1CCC(C2=CCc3ccc(Nc4ccc5c(C6CCN(C)CC6)c[nH]c5c4)cc32)CC1. The van der Waals surface area contributed by atoms with Crippen molar-refractivity contribution in [3.63, 3.8) is 0 Å². The molecule has 3 aromatic rings. The van der Waals surface area contributed by atoms with Crippen LogP contribution in [0.4, 0.5) is 11.4 Å². The molecule has 2 aromatic carbocycles. The van der Waals surface area contributed by atoms with Gasteiger partial charge in [0.1, 0.15) is 0 Å². The Kier molecular flexibility index (Phi) is 6.54. The quantitative estimate of drug-likeness (QED) is 0.462. The maximum Gasteiger partial charge on any atom is 0.0477 e. The number of anilines is 2. The number of allylic oxidation sites excluding steroid dienone is 2.